The predicted octanol–water partition coefficient (Wildman–Crippen LogP) is 1.44. The van der Waals surface area contributed by atoms with E-state index in [0.29, 0.717) is 31.5 Å². The Morgan fingerprint density at radius 1 is 1.19 bits per heavy atom. The second kappa shape index (κ2) is 11.8. The number of halogens is 1. The summed E-state index contributed by atoms with van der Waals surface area (Å²) in [6.07, 6.45) is 1.15. The van der Waals surface area contributed by atoms with E-state index in [1.165, 1.54) is 18.5 Å². The number of hydrogen-bond acceptors (Lipinski definition) is 10. The summed E-state index contributed by atoms with van der Waals surface area (Å²) < 4.78 is 54.1. The topological polar surface area (TPSA) is 177 Å². The van der Waals surface area contributed by atoms with E-state index in [0.717, 1.165) is 6.07 Å². The fourth-order valence-electron chi connectivity index (χ4n) is 3.66. The third-order valence-corrected chi connectivity index (χ3v) is 6.52. The van der Waals surface area contributed by atoms with Crippen molar-refractivity contribution in [2.75, 3.05) is 13.1 Å². The third-order valence-electron chi connectivity index (χ3n) is 5.60. The minimum atomic E-state index is -4.28. The van der Waals surface area contributed by atoms with E-state index < -0.39 is 32.7 Å². The minimum Gasteiger partial charge on any atom is -0.474 e. The van der Waals surface area contributed by atoms with Crippen molar-refractivity contribution < 1.29 is 36.6 Å². The van der Waals surface area contributed by atoms with Crippen molar-refractivity contribution in [3.63, 3.8) is 0 Å². The molecular weight excluding hydrogens is 509 g/mol. The van der Waals surface area contributed by atoms with E-state index in [-0.39, 0.29) is 42.0 Å². The van der Waals surface area contributed by atoms with E-state index in [2.05, 4.69) is 9.97 Å². The molecule has 1 aromatic carbocycles. The third kappa shape index (κ3) is 7.33. The molecule has 1 aromatic heterocycles. The van der Waals surface area contributed by atoms with Crippen molar-refractivity contribution in [3.8, 4) is 11.8 Å². The van der Waals surface area contributed by atoms with Crippen LogP contribution in [0.3, 0.4) is 0 Å². The van der Waals surface area contributed by atoms with Gasteiger partial charge in [0.1, 0.15) is 29.2 Å². The highest BCUT2D eigenvalue weighted by molar-refractivity contribution is 7.89. The quantitative estimate of drug-likeness (QED) is 0.467. The smallest absolute Gasteiger partial charge is 0.410 e. The maximum Gasteiger partial charge on any atom is 0.410 e. The number of sulfonamides is 1. The zero-order valence-corrected chi connectivity index (χ0v) is 21.5. The van der Waals surface area contributed by atoms with E-state index in [4.69, 9.17) is 25.1 Å². The number of likely N-dealkylation sites (tertiary alicyclic amines) is 1. The highest BCUT2D eigenvalue weighted by Crippen LogP contribution is 2.26. The molecule has 1 aliphatic rings. The average molecular weight is 540 g/mol. The van der Waals surface area contributed by atoms with Crippen LogP contribution in [-0.4, -0.2) is 66.7 Å². The molecule has 0 bridgehead atoms. The molecule has 2 heterocycles. The van der Waals surface area contributed by atoms with Gasteiger partial charge in [-0.1, -0.05) is 12.1 Å². The fraction of sp³-hybridized carbons (Fsp3) is 0.478. The van der Waals surface area contributed by atoms with Gasteiger partial charge in [0.05, 0.1) is 11.7 Å². The summed E-state index contributed by atoms with van der Waals surface area (Å²) in [4.78, 5) is 33.6. The van der Waals surface area contributed by atoms with Crippen LogP contribution in [0.4, 0.5) is 9.18 Å². The number of nitrogens with zero attached hydrogens (tertiary/aromatic N) is 3. The van der Waals surface area contributed by atoms with E-state index in [1.807, 2.05) is 0 Å². The van der Waals surface area contributed by atoms with Gasteiger partial charge in [-0.25, -0.2) is 37.5 Å². The van der Waals surface area contributed by atoms with Crippen molar-refractivity contribution in [1.82, 2.24) is 14.9 Å². The van der Waals surface area contributed by atoms with Crippen LogP contribution in [0.2, 0.25) is 0 Å². The maximum absolute atomic E-state index is 14.6. The number of benzene rings is 1. The molecule has 1 aliphatic heterocycles. The van der Waals surface area contributed by atoms with Gasteiger partial charge in [0.25, 0.3) is 0 Å². The SMILES string of the molecule is Cc1c(OC(=O)[C@@H](N)Cc2cccc(S(N)(=O)=O)c2F)ncnc1OC1CCN(C(=O)OC(C)C)CC1. The fourth-order valence-corrected chi connectivity index (χ4v) is 4.30. The van der Waals surface area contributed by atoms with Crippen LogP contribution in [0, 0.1) is 12.7 Å². The maximum atomic E-state index is 14.6. The molecule has 12 nitrogen and oxygen atoms in total. The van der Waals surface area contributed by atoms with Crippen molar-refractivity contribution >= 4 is 22.1 Å². The largest absolute Gasteiger partial charge is 0.474 e. The first-order valence-corrected chi connectivity index (χ1v) is 13.1. The number of piperidine rings is 1. The number of primary sulfonamides is 1. The lowest BCUT2D eigenvalue weighted by Crippen LogP contribution is -2.42. The average Bonchev–Trinajstić information content (AvgIpc) is 2.82. The van der Waals surface area contributed by atoms with Gasteiger partial charge in [0.2, 0.25) is 21.8 Å². The molecule has 14 heteroatoms. The van der Waals surface area contributed by atoms with Crippen LogP contribution in [0.5, 0.6) is 11.8 Å². The number of aromatic nitrogens is 2. The molecule has 0 spiro atoms. The monoisotopic (exact) mass is 539 g/mol. The number of carbonyl (C=O) groups is 2. The number of ether oxygens (including phenoxy) is 3. The Labute approximate surface area is 214 Å². The van der Waals surface area contributed by atoms with E-state index in [1.54, 1.807) is 25.7 Å². The summed E-state index contributed by atoms with van der Waals surface area (Å²) in [5, 5.41) is 5.01. The number of esters is 1. The molecule has 4 N–H and O–H groups in total. The van der Waals surface area contributed by atoms with Crippen LogP contribution < -0.4 is 20.3 Å². The van der Waals surface area contributed by atoms with Crippen LogP contribution in [0.1, 0.15) is 37.8 Å². The van der Waals surface area contributed by atoms with Gasteiger partial charge in [-0.3, -0.25) is 0 Å². The van der Waals surface area contributed by atoms with Gasteiger partial charge >= 0.3 is 12.1 Å². The zero-order valence-electron chi connectivity index (χ0n) is 20.7. The molecule has 0 unspecified atom stereocenters. The van der Waals surface area contributed by atoms with Crippen molar-refractivity contribution in [2.24, 2.45) is 10.9 Å². The Morgan fingerprint density at radius 2 is 1.84 bits per heavy atom. The highest BCUT2D eigenvalue weighted by atomic mass is 32.2. The minimum absolute atomic E-state index is 0.0813. The molecule has 37 heavy (non-hydrogen) atoms. The molecule has 1 saturated heterocycles. The zero-order chi connectivity index (χ0) is 27.3. The van der Waals surface area contributed by atoms with Gasteiger partial charge < -0.3 is 24.8 Å². The van der Waals surface area contributed by atoms with Crippen LogP contribution in [0.25, 0.3) is 0 Å². The van der Waals surface area contributed by atoms with Crippen LogP contribution in [-0.2, 0) is 26.0 Å². The van der Waals surface area contributed by atoms with Crippen molar-refractivity contribution in [3.05, 3.63) is 41.5 Å². The van der Waals surface area contributed by atoms with Gasteiger partial charge in [-0.05, 0) is 32.4 Å². The van der Waals surface area contributed by atoms with E-state index in [9.17, 15) is 22.4 Å². The number of nitrogens with two attached hydrogens (primary N) is 2. The molecule has 1 fully saturated rings. The Bertz CT molecular complexity index is 1250. The Balaban J connectivity index is 1.61. The first-order valence-electron chi connectivity index (χ1n) is 11.6. The molecule has 2 aromatic rings. The van der Waals surface area contributed by atoms with Crippen LogP contribution in [0.15, 0.2) is 29.4 Å². The Hall–Kier alpha value is -3.36. The molecule has 0 radical (unpaired) electrons. The number of rotatable bonds is 8. The van der Waals surface area contributed by atoms with Crippen LogP contribution >= 0.6 is 0 Å². The highest BCUT2D eigenvalue weighted by Gasteiger charge is 2.27. The summed E-state index contributed by atoms with van der Waals surface area (Å²) in [5.74, 6) is -1.86. The van der Waals surface area contributed by atoms with Crippen molar-refractivity contribution in [1.29, 1.82) is 0 Å². The van der Waals surface area contributed by atoms with Gasteiger partial charge in [-0.15, -0.1) is 0 Å². The van der Waals surface area contributed by atoms with Gasteiger partial charge in [0, 0.05) is 32.4 Å². The molecule has 0 saturated carbocycles. The summed E-state index contributed by atoms with van der Waals surface area (Å²) in [6.45, 7) is 6.09. The molecule has 3 rings (SSSR count). The van der Waals surface area contributed by atoms with E-state index >= 15 is 0 Å². The van der Waals surface area contributed by atoms with Crippen molar-refractivity contribution in [2.45, 2.75) is 63.2 Å². The standard InChI is InChI=1S/C23H30FN5O7S/c1-13(2)34-23(31)29-9-7-16(8-10-29)35-20-14(3)21(28-12-27-20)36-22(30)17(25)11-15-5-4-6-18(19(15)24)37(26,32)33/h4-6,12-13,16-17H,7-11,25H2,1-3H3,(H2,26,32,33)/t17-/m0/s1. The molecular formula is C23H30FN5O7S. The number of amides is 1. The first kappa shape index (κ1) is 28.2. The first-order chi connectivity index (χ1) is 17.4. The lowest BCUT2D eigenvalue weighted by atomic mass is 10.1. The second-order valence-electron chi connectivity index (χ2n) is 8.85. The predicted molar refractivity (Wildman–Crippen MR) is 129 cm³/mol. The molecule has 1 atom stereocenters. The second-order valence-corrected chi connectivity index (χ2v) is 10.4. The molecule has 0 aliphatic carbocycles. The lowest BCUT2D eigenvalue weighted by molar-refractivity contribution is -0.136. The Kier molecular flexibility index (Phi) is 8.99. The van der Waals surface area contributed by atoms with Gasteiger partial charge in [-0.2, -0.15) is 0 Å². The summed E-state index contributed by atoms with van der Waals surface area (Å²) >= 11 is 0. The summed E-state index contributed by atoms with van der Waals surface area (Å²) in [5.41, 5.74) is 6.14. The summed E-state index contributed by atoms with van der Waals surface area (Å²) in [7, 11) is -4.28. The Morgan fingerprint density at radius 3 is 2.46 bits per heavy atom. The van der Waals surface area contributed by atoms with Gasteiger partial charge in [0.15, 0.2) is 0 Å². The summed E-state index contributed by atoms with van der Waals surface area (Å²) in [6, 6.07) is 2.29. The lowest BCUT2D eigenvalue weighted by Gasteiger charge is -2.31. The number of hydrogen-bond donors (Lipinski definition) is 2. The molecule has 202 valence electrons. The normalized spacial score (nSPS) is 15.4. The molecule has 1 amide bonds. The number of carbonyl (C=O) groups excluding carboxylic acids is 2.